The molecule has 1 aliphatic rings. The lowest BCUT2D eigenvalue weighted by atomic mass is 10.0. The van der Waals surface area contributed by atoms with Crippen LogP contribution in [0.1, 0.15) is 53.6 Å². The van der Waals surface area contributed by atoms with Crippen molar-refractivity contribution in [3.8, 4) is 0 Å². The fourth-order valence-electron chi connectivity index (χ4n) is 3.46. The molecule has 2 heterocycles. The number of nitrogens with zero attached hydrogens (tertiary/aromatic N) is 3. The quantitative estimate of drug-likeness (QED) is 0.790. The van der Waals surface area contributed by atoms with E-state index < -0.39 is 0 Å². The summed E-state index contributed by atoms with van der Waals surface area (Å²) < 4.78 is 19.0. The highest BCUT2D eigenvalue weighted by Crippen LogP contribution is 2.24. The number of carbonyl (C=O) groups excluding carboxylic acids is 2. The van der Waals surface area contributed by atoms with Crippen LogP contribution in [-0.2, 0) is 11.2 Å². The van der Waals surface area contributed by atoms with E-state index >= 15 is 0 Å². The van der Waals surface area contributed by atoms with E-state index in [1.807, 2.05) is 13.8 Å². The molecule has 1 aliphatic heterocycles. The normalized spacial score (nSPS) is 14.6. The van der Waals surface area contributed by atoms with Crippen molar-refractivity contribution in [3.63, 3.8) is 0 Å². The molecule has 7 heteroatoms. The summed E-state index contributed by atoms with van der Waals surface area (Å²) in [6.07, 6.45) is 0.638. The predicted octanol–water partition coefficient (Wildman–Crippen LogP) is 3.16. The molecule has 0 saturated carbocycles. The van der Waals surface area contributed by atoms with E-state index in [4.69, 9.17) is 4.52 Å². The third-order valence-electron chi connectivity index (χ3n) is 5.11. The smallest absolute Gasteiger partial charge is 0.259 e. The van der Waals surface area contributed by atoms with Gasteiger partial charge in [0, 0.05) is 38.5 Å². The Bertz CT molecular complexity index is 854. The molecule has 0 aliphatic carbocycles. The van der Waals surface area contributed by atoms with E-state index in [0.717, 1.165) is 0 Å². The maximum Gasteiger partial charge on any atom is 0.259 e. The minimum absolute atomic E-state index is 0.0145. The molecule has 1 aromatic heterocycles. The number of hydrogen-bond acceptors (Lipinski definition) is 4. The van der Waals surface area contributed by atoms with Crippen molar-refractivity contribution in [3.05, 3.63) is 52.7 Å². The van der Waals surface area contributed by atoms with Crippen LogP contribution in [-0.4, -0.2) is 52.9 Å². The van der Waals surface area contributed by atoms with Crippen LogP contribution in [0.4, 0.5) is 4.39 Å². The van der Waals surface area contributed by atoms with Crippen LogP contribution >= 0.6 is 0 Å². The Kier molecular flexibility index (Phi) is 6.11. The maximum absolute atomic E-state index is 13.7. The molecular formula is C21H26FN3O3. The first kappa shape index (κ1) is 20.0. The van der Waals surface area contributed by atoms with Gasteiger partial charge in [-0.15, -0.1) is 0 Å². The first-order valence-electron chi connectivity index (χ1n) is 9.65. The summed E-state index contributed by atoms with van der Waals surface area (Å²) in [5, 5.41) is 3.94. The van der Waals surface area contributed by atoms with E-state index in [1.165, 1.54) is 6.07 Å². The van der Waals surface area contributed by atoms with Gasteiger partial charge in [-0.1, -0.05) is 37.2 Å². The van der Waals surface area contributed by atoms with Gasteiger partial charge in [0.05, 0.1) is 5.69 Å². The van der Waals surface area contributed by atoms with Gasteiger partial charge in [0.25, 0.3) is 5.91 Å². The highest BCUT2D eigenvalue weighted by atomic mass is 19.1. The summed E-state index contributed by atoms with van der Waals surface area (Å²) in [4.78, 5) is 28.9. The highest BCUT2D eigenvalue weighted by molar-refractivity contribution is 5.96. The number of amides is 2. The van der Waals surface area contributed by atoms with Crippen LogP contribution in [0.25, 0.3) is 0 Å². The average molecular weight is 387 g/mol. The van der Waals surface area contributed by atoms with Gasteiger partial charge in [-0.05, 0) is 25.0 Å². The molecule has 0 radical (unpaired) electrons. The van der Waals surface area contributed by atoms with Crippen molar-refractivity contribution in [2.45, 2.75) is 39.5 Å². The summed E-state index contributed by atoms with van der Waals surface area (Å²) in [5.74, 6) is 0.281. The van der Waals surface area contributed by atoms with Crippen molar-refractivity contribution in [2.24, 2.45) is 0 Å². The zero-order valence-corrected chi connectivity index (χ0v) is 16.6. The fourth-order valence-corrected chi connectivity index (χ4v) is 3.46. The summed E-state index contributed by atoms with van der Waals surface area (Å²) in [6.45, 7) is 7.57. The molecule has 28 heavy (non-hydrogen) atoms. The Hall–Kier alpha value is -2.70. The monoisotopic (exact) mass is 387 g/mol. The summed E-state index contributed by atoms with van der Waals surface area (Å²) in [7, 11) is 0. The standard InChI is InChI=1S/C21H26FN3O3/c1-14(2)20-19(15(3)23-28-20)21(27)25-12-10-24(11-13-25)18(26)9-8-16-6-4-5-7-17(16)22/h4-7,14H,8-13H2,1-3H3. The summed E-state index contributed by atoms with van der Waals surface area (Å²) in [5.41, 5.74) is 1.68. The third-order valence-corrected chi connectivity index (χ3v) is 5.11. The van der Waals surface area contributed by atoms with Crippen LogP contribution in [0.3, 0.4) is 0 Å². The van der Waals surface area contributed by atoms with Crippen LogP contribution in [0, 0.1) is 12.7 Å². The Morgan fingerprint density at radius 2 is 1.79 bits per heavy atom. The molecule has 2 amide bonds. The zero-order chi connectivity index (χ0) is 20.3. The molecule has 0 N–H and O–H groups in total. The molecular weight excluding hydrogens is 361 g/mol. The number of benzene rings is 1. The Morgan fingerprint density at radius 1 is 1.14 bits per heavy atom. The number of piperazine rings is 1. The van der Waals surface area contributed by atoms with Crippen molar-refractivity contribution in [1.82, 2.24) is 15.0 Å². The number of halogens is 1. The lowest BCUT2D eigenvalue weighted by Gasteiger charge is -2.35. The van der Waals surface area contributed by atoms with Crippen molar-refractivity contribution in [2.75, 3.05) is 26.2 Å². The number of aromatic nitrogens is 1. The molecule has 0 atom stereocenters. The second kappa shape index (κ2) is 8.54. The highest BCUT2D eigenvalue weighted by Gasteiger charge is 2.30. The van der Waals surface area contributed by atoms with Gasteiger partial charge < -0.3 is 14.3 Å². The number of carbonyl (C=O) groups is 2. The van der Waals surface area contributed by atoms with Gasteiger partial charge in [0.1, 0.15) is 11.4 Å². The topological polar surface area (TPSA) is 66.7 Å². The molecule has 0 bridgehead atoms. The SMILES string of the molecule is Cc1noc(C(C)C)c1C(=O)N1CCN(C(=O)CCc2ccccc2F)CC1. The van der Waals surface area contributed by atoms with E-state index in [-0.39, 0.29) is 30.0 Å². The second-order valence-electron chi connectivity index (χ2n) is 7.43. The molecule has 0 unspecified atom stereocenters. The Balaban J connectivity index is 1.56. The van der Waals surface area contributed by atoms with Crippen molar-refractivity contribution < 1.29 is 18.5 Å². The first-order valence-corrected chi connectivity index (χ1v) is 9.65. The molecule has 150 valence electrons. The fraction of sp³-hybridized carbons (Fsp3) is 0.476. The lowest BCUT2D eigenvalue weighted by Crippen LogP contribution is -2.50. The second-order valence-corrected chi connectivity index (χ2v) is 7.43. The molecule has 6 nitrogen and oxygen atoms in total. The van der Waals surface area contributed by atoms with Gasteiger partial charge in [-0.25, -0.2) is 4.39 Å². The summed E-state index contributed by atoms with van der Waals surface area (Å²) >= 11 is 0. The molecule has 1 aromatic carbocycles. The molecule has 1 fully saturated rings. The minimum atomic E-state index is -0.282. The third kappa shape index (κ3) is 4.24. The van der Waals surface area contributed by atoms with E-state index in [1.54, 1.807) is 34.9 Å². The largest absolute Gasteiger partial charge is 0.360 e. The summed E-state index contributed by atoms with van der Waals surface area (Å²) in [6, 6.07) is 6.51. The van der Waals surface area contributed by atoms with Crippen LogP contribution in [0.15, 0.2) is 28.8 Å². The number of hydrogen-bond donors (Lipinski definition) is 0. The molecule has 1 saturated heterocycles. The zero-order valence-electron chi connectivity index (χ0n) is 16.6. The number of aryl methyl sites for hydroxylation is 2. The van der Waals surface area contributed by atoms with Crippen LogP contribution in [0.2, 0.25) is 0 Å². The van der Waals surface area contributed by atoms with Gasteiger partial charge in [-0.2, -0.15) is 0 Å². The lowest BCUT2D eigenvalue weighted by molar-refractivity contribution is -0.132. The molecule has 0 spiro atoms. The van der Waals surface area contributed by atoms with Gasteiger partial charge in [0.2, 0.25) is 5.91 Å². The van der Waals surface area contributed by atoms with Gasteiger partial charge in [0.15, 0.2) is 5.76 Å². The molecule has 2 aromatic rings. The van der Waals surface area contributed by atoms with E-state index in [0.29, 0.717) is 55.2 Å². The predicted molar refractivity (Wildman–Crippen MR) is 103 cm³/mol. The van der Waals surface area contributed by atoms with Crippen LogP contribution in [0.5, 0.6) is 0 Å². The minimum Gasteiger partial charge on any atom is -0.360 e. The van der Waals surface area contributed by atoms with Crippen molar-refractivity contribution >= 4 is 11.8 Å². The Morgan fingerprint density at radius 3 is 2.43 bits per heavy atom. The van der Waals surface area contributed by atoms with Crippen LogP contribution < -0.4 is 0 Å². The first-order chi connectivity index (χ1) is 13.4. The van der Waals surface area contributed by atoms with Gasteiger partial charge >= 0.3 is 0 Å². The van der Waals surface area contributed by atoms with E-state index in [2.05, 4.69) is 5.16 Å². The maximum atomic E-state index is 13.7. The molecule has 3 rings (SSSR count). The van der Waals surface area contributed by atoms with E-state index in [9.17, 15) is 14.0 Å². The number of rotatable bonds is 5. The van der Waals surface area contributed by atoms with Crippen molar-refractivity contribution in [1.29, 1.82) is 0 Å². The van der Waals surface area contributed by atoms with Gasteiger partial charge in [-0.3, -0.25) is 9.59 Å². The Labute approximate surface area is 164 Å². The average Bonchev–Trinajstić information content (AvgIpc) is 3.08.